The number of carbonyl (C=O) groups is 1. The van der Waals surface area contributed by atoms with E-state index >= 15 is 0 Å². The molecule has 2 aromatic rings. The standard InChI is InChI=1S/C21H23F2N3O2/c22-21(23)11-15-7-4-8-16(12-21)26(15)20(27)18-17-13-28-10-9-25(17)19(24-18)14-5-2-1-3-6-14/h1-3,5-6,15-16H,4,7-13H2. The molecule has 5 nitrogen and oxygen atoms in total. The smallest absolute Gasteiger partial charge is 0.274 e. The Kier molecular flexibility index (Phi) is 4.23. The maximum absolute atomic E-state index is 14.1. The zero-order chi connectivity index (χ0) is 19.3. The van der Waals surface area contributed by atoms with Crippen LogP contribution in [-0.4, -0.2) is 45.0 Å². The Hall–Kier alpha value is -2.28. The maximum atomic E-state index is 14.1. The van der Waals surface area contributed by atoms with Crippen molar-refractivity contribution in [2.24, 2.45) is 0 Å². The van der Waals surface area contributed by atoms with Gasteiger partial charge in [-0.15, -0.1) is 0 Å². The highest BCUT2D eigenvalue weighted by Crippen LogP contribution is 2.43. The van der Waals surface area contributed by atoms with Gasteiger partial charge in [0, 0.05) is 37.0 Å². The second kappa shape index (κ2) is 6.65. The molecule has 2 unspecified atom stereocenters. The molecule has 1 aromatic heterocycles. The molecule has 0 aliphatic carbocycles. The van der Waals surface area contributed by atoms with Crippen LogP contribution in [0.5, 0.6) is 0 Å². The van der Waals surface area contributed by atoms with Crippen molar-refractivity contribution in [3.63, 3.8) is 0 Å². The van der Waals surface area contributed by atoms with E-state index in [0.29, 0.717) is 38.3 Å². The van der Waals surface area contributed by atoms with Crippen LogP contribution in [0.3, 0.4) is 0 Å². The van der Waals surface area contributed by atoms with E-state index in [1.54, 1.807) is 4.90 Å². The second-order valence-electron chi connectivity index (χ2n) is 8.02. The van der Waals surface area contributed by atoms with Gasteiger partial charge in [0.05, 0.1) is 18.9 Å². The van der Waals surface area contributed by atoms with E-state index in [1.165, 1.54) is 0 Å². The first kappa shape index (κ1) is 17.8. The number of carbonyl (C=O) groups excluding carboxylic acids is 1. The van der Waals surface area contributed by atoms with E-state index in [1.807, 2.05) is 34.9 Å². The van der Waals surface area contributed by atoms with Crippen LogP contribution in [0.15, 0.2) is 30.3 Å². The number of aromatic nitrogens is 2. The Morgan fingerprint density at radius 1 is 1.14 bits per heavy atom. The number of hydrogen-bond acceptors (Lipinski definition) is 3. The number of ether oxygens (including phenoxy) is 1. The van der Waals surface area contributed by atoms with E-state index in [2.05, 4.69) is 0 Å². The molecule has 2 fully saturated rings. The average molecular weight is 387 g/mol. The summed E-state index contributed by atoms with van der Waals surface area (Å²) in [6.45, 7) is 1.52. The first-order valence-corrected chi connectivity index (χ1v) is 9.96. The van der Waals surface area contributed by atoms with Gasteiger partial charge < -0.3 is 14.2 Å². The number of alkyl halides is 2. The molecular formula is C21H23F2N3O2. The summed E-state index contributed by atoms with van der Waals surface area (Å²) in [5, 5.41) is 0. The Bertz CT molecular complexity index is 881. The highest BCUT2D eigenvalue weighted by atomic mass is 19.3. The summed E-state index contributed by atoms with van der Waals surface area (Å²) in [6.07, 6.45) is 1.68. The summed E-state index contributed by atoms with van der Waals surface area (Å²) in [6, 6.07) is 8.94. The topological polar surface area (TPSA) is 47.4 Å². The van der Waals surface area contributed by atoms with Crippen LogP contribution >= 0.6 is 0 Å². The lowest BCUT2D eigenvalue weighted by Crippen LogP contribution is -2.57. The summed E-state index contributed by atoms with van der Waals surface area (Å²) < 4.78 is 35.8. The van der Waals surface area contributed by atoms with Gasteiger partial charge in [0.25, 0.3) is 11.8 Å². The molecule has 3 aliphatic rings. The third-order valence-electron chi connectivity index (χ3n) is 6.17. The van der Waals surface area contributed by atoms with Crippen LogP contribution in [0.2, 0.25) is 0 Å². The minimum absolute atomic E-state index is 0.221. The number of imidazole rings is 1. The molecule has 7 heteroatoms. The van der Waals surface area contributed by atoms with Crippen molar-refractivity contribution in [2.45, 2.75) is 63.3 Å². The number of benzene rings is 1. The number of fused-ring (bicyclic) bond motifs is 3. The van der Waals surface area contributed by atoms with Gasteiger partial charge in [-0.25, -0.2) is 13.8 Å². The first-order valence-electron chi connectivity index (χ1n) is 9.96. The van der Waals surface area contributed by atoms with E-state index in [-0.39, 0.29) is 18.7 Å². The summed E-state index contributed by atoms with van der Waals surface area (Å²) in [7, 11) is 0. The molecule has 2 bridgehead atoms. The van der Waals surface area contributed by atoms with Gasteiger partial charge in [-0.1, -0.05) is 30.3 Å². The van der Waals surface area contributed by atoms with E-state index in [0.717, 1.165) is 23.5 Å². The molecular weight excluding hydrogens is 364 g/mol. The zero-order valence-corrected chi connectivity index (χ0v) is 15.6. The monoisotopic (exact) mass is 387 g/mol. The van der Waals surface area contributed by atoms with E-state index < -0.39 is 18.0 Å². The Morgan fingerprint density at radius 3 is 2.57 bits per heavy atom. The zero-order valence-electron chi connectivity index (χ0n) is 15.6. The number of piperidine rings is 2. The first-order chi connectivity index (χ1) is 13.5. The van der Waals surface area contributed by atoms with Gasteiger partial charge in [0.15, 0.2) is 5.69 Å². The van der Waals surface area contributed by atoms with Crippen molar-refractivity contribution in [1.29, 1.82) is 0 Å². The molecule has 2 saturated heterocycles. The highest BCUT2D eigenvalue weighted by Gasteiger charge is 2.49. The van der Waals surface area contributed by atoms with Crippen molar-refractivity contribution in [3.05, 3.63) is 41.7 Å². The minimum Gasteiger partial charge on any atom is -0.373 e. The molecule has 1 aromatic carbocycles. The highest BCUT2D eigenvalue weighted by molar-refractivity contribution is 5.95. The summed E-state index contributed by atoms with van der Waals surface area (Å²) in [5.41, 5.74) is 2.06. The molecule has 1 amide bonds. The van der Waals surface area contributed by atoms with Crippen molar-refractivity contribution in [3.8, 4) is 11.4 Å². The van der Waals surface area contributed by atoms with Crippen LogP contribution < -0.4 is 0 Å². The summed E-state index contributed by atoms with van der Waals surface area (Å²) in [5.74, 6) is -2.16. The minimum atomic E-state index is -2.68. The number of halogens is 2. The number of nitrogens with zero attached hydrogens (tertiary/aromatic N) is 3. The van der Waals surface area contributed by atoms with E-state index in [9.17, 15) is 13.6 Å². The van der Waals surface area contributed by atoms with Gasteiger partial charge >= 0.3 is 0 Å². The number of rotatable bonds is 2. The van der Waals surface area contributed by atoms with Crippen LogP contribution in [0.4, 0.5) is 8.78 Å². The second-order valence-corrected chi connectivity index (χ2v) is 8.02. The quantitative estimate of drug-likeness (QED) is 0.786. The van der Waals surface area contributed by atoms with Gasteiger partial charge in [0.2, 0.25) is 0 Å². The molecule has 28 heavy (non-hydrogen) atoms. The van der Waals surface area contributed by atoms with Crippen molar-refractivity contribution in [1.82, 2.24) is 14.5 Å². The molecule has 0 spiro atoms. The Balaban J connectivity index is 1.55. The molecule has 0 saturated carbocycles. The molecule has 5 rings (SSSR count). The molecule has 0 N–H and O–H groups in total. The van der Waals surface area contributed by atoms with Gasteiger partial charge in [-0.2, -0.15) is 0 Å². The van der Waals surface area contributed by atoms with Crippen molar-refractivity contribution in [2.75, 3.05) is 6.61 Å². The maximum Gasteiger partial charge on any atom is 0.274 e. The lowest BCUT2D eigenvalue weighted by Gasteiger charge is -2.48. The fourth-order valence-electron chi connectivity index (χ4n) is 4.97. The molecule has 148 valence electrons. The lowest BCUT2D eigenvalue weighted by molar-refractivity contribution is -0.105. The van der Waals surface area contributed by atoms with Crippen LogP contribution in [0.1, 0.15) is 48.3 Å². The van der Waals surface area contributed by atoms with Crippen LogP contribution in [0.25, 0.3) is 11.4 Å². The Labute approximate surface area is 162 Å². The lowest BCUT2D eigenvalue weighted by atomic mass is 9.82. The third kappa shape index (κ3) is 2.92. The number of amides is 1. The van der Waals surface area contributed by atoms with Gasteiger partial charge in [-0.3, -0.25) is 4.79 Å². The summed E-state index contributed by atoms with van der Waals surface area (Å²) >= 11 is 0. The van der Waals surface area contributed by atoms with Crippen LogP contribution in [-0.2, 0) is 17.9 Å². The fraction of sp³-hybridized carbons (Fsp3) is 0.524. The summed E-state index contributed by atoms with van der Waals surface area (Å²) in [4.78, 5) is 19.9. The SMILES string of the molecule is O=C(c1nc(-c2ccccc2)n2c1COCC2)N1C2CCCC1CC(F)(F)C2. The van der Waals surface area contributed by atoms with Gasteiger partial charge in [0.1, 0.15) is 5.82 Å². The third-order valence-corrected chi connectivity index (χ3v) is 6.17. The molecule has 2 atom stereocenters. The van der Waals surface area contributed by atoms with E-state index in [4.69, 9.17) is 9.72 Å². The normalized spacial score (nSPS) is 26.0. The van der Waals surface area contributed by atoms with Crippen LogP contribution in [0, 0.1) is 0 Å². The number of hydrogen-bond donors (Lipinski definition) is 0. The largest absolute Gasteiger partial charge is 0.373 e. The fourth-order valence-corrected chi connectivity index (χ4v) is 4.97. The Morgan fingerprint density at radius 2 is 1.86 bits per heavy atom. The predicted octanol–water partition coefficient (Wildman–Crippen LogP) is 3.87. The predicted molar refractivity (Wildman–Crippen MR) is 99.1 cm³/mol. The molecule has 3 aliphatic heterocycles. The van der Waals surface area contributed by atoms with Crippen molar-refractivity contribution >= 4 is 5.91 Å². The molecule has 0 radical (unpaired) electrons. The van der Waals surface area contributed by atoms with Gasteiger partial charge in [-0.05, 0) is 19.3 Å². The average Bonchev–Trinajstić information content (AvgIpc) is 3.07. The van der Waals surface area contributed by atoms with Crippen molar-refractivity contribution < 1.29 is 18.3 Å². The molecule has 4 heterocycles.